The van der Waals surface area contributed by atoms with Crippen molar-refractivity contribution in [3.8, 4) is 11.5 Å². The van der Waals surface area contributed by atoms with Gasteiger partial charge in [-0.2, -0.15) is 4.98 Å². The van der Waals surface area contributed by atoms with Crippen LogP contribution >= 0.6 is 0 Å². The molecule has 7 heteroatoms. The van der Waals surface area contributed by atoms with Crippen LogP contribution in [0.15, 0.2) is 22.7 Å². The van der Waals surface area contributed by atoms with Gasteiger partial charge in [-0.1, -0.05) is 5.16 Å². The van der Waals surface area contributed by atoms with Gasteiger partial charge in [-0.15, -0.1) is 0 Å². The second-order valence-electron chi connectivity index (χ2n) is 3.48. The van der Waals surface area contributed by atoms with Gasteiger partial charge >= 0.3 is 0 Å². The Morgan fingerprint density at radius 1 is 1.53 bits per heavy atom. The third-order valence-corrected chi connectivity index (χ3v) is 2.30. The number of nitro benzene ring substituents is 1. The van der Waals surface area contributed by atoms with Crippen molar-refractivity contribution in [3.05, 3.63) is 39.7 Å². The molecule has 7 nitrogen and oxygen atoms in total. The molecule has 0 bridgehead atoms. The minimum Gasteiger partial charge on any atom is -0.334 e. The average Bonchev–Trinajstić information content (AvgIpc) is 2.77. The molecule has 1 heterocycles. The van der Waals surface area contributed by atoms with Crippen molar-refractivity contribution in [3.63, 3.8) is 0 Å². The highest BCUT2D eigenvalue weighted by atomic mass is 16.6. The predicted molar refractivity (Wildman–Crippen MR) is 59.0 cm³/mol. The van der Waals surface area contributed by atoms with Gasteiger partial charge in [-0.05, 0) is 18.6 Å². The van der Waals surface area contributed by atoms with Crippen LogP contribution < -0.4 is 5.73 Å². The van der Waals surface area contributed by atoms with Crippen LogP contribution in [-0.2, 0) is 6.54 Å². The van der Waals surface area contributed by atoms with E-state index in [0.29, 0.717) is 22.8 Å². The summed E-state index contributed by atoms with van der Waals surface area (Å²) in [5.41, 5.74) is 6.77. The molecule has 1 aromatic heterocycles. The van der Waals surface area contributed by atoms with Crippen molar-refractivity contribution < 1.29 is 9.45 Å². The molecule has 0 spiro atoms. The Morgan fingerprint density at radius 3 is 2.82 bits per heavy atom. The third kappa shape index (κ3) is 2.13. The van der Waals surface area contributed by atoms with E-state index in [0.717, 1.165) is 0 Å². The molecule has 0 aliphatic carbocycles. The minimum atomic E-state index is -0.449. The predicted octanol–water partition coefficient (Wildman–Crippen LogP) is 1.41. The lowest BCUT2D eigenvalue weighted by Gasteiger charge is -1.99. The summed E-state index contributed by atoms with van der Waals surface area (Å²) in [4.78, 5) is 14.2. The van der Waals surface area contributed by atoms with Gasteiger partial charge in [-0.3, -0.25) is 10.1 Å². The number of aromatic nitrogens is 2. The number of hydrogen-bond acceptors (Lipinski definition) is 6. The second-order valence-corrected chi connectivity index (χ2v) is 3.48. The van der Waals surface area contributed by atoms with Crippen LogP contribution in [-0.4, -0.2) is 15.1 Å². The van der Waals surface area contributed by atoms with E-state index in [2.05, 4.69) is 10.1 Å². The van der Waals surface area contributed by atoms with E-state index < -0.39 is 4.92 Å². The molecule has 2 N–H and O–H groups in total. The first kappa shape index (κ1) is 11.2. The van der Waals surface area contributed by atoms with Gasteiger partial charge in [0.05, 0.1) is 11.5 Å². The van der Waals surface area contributed by atoms with Gasteiger partial charge in [0.2, 0.25) is 0 Å². The van der Waals surface area contributed by atoms with E-state index in [4.69, 9.17) is 10.3 Å². The summed E-state index contributed by atoms with van der Waals surface area (Å²) in [7, 11) is 0. The highest BCUT2D eigenvalue weighted by Crippen LogP contribution is 2.25. The van der Waals surface area contributed by atoms with Crippen LogP contribution in [0.3, 0.4) is 0 Å². The number of aryl methyl sites for hydroxylation is 1. The number of nitro groups is 1. The maximum atomic E-state index is 10.6. The van der Waals surface area contributed by atoms with Crippen LogP contribution in [0.25, 0.3) is 11.5 Å². The Balaban J connectivity index is 2.42. The molecule has 0 aliphatic heterocycles. The van der Waals surface area contributed by atoms with E-state index in [1.807, 2.05) is 0 Å². The molecule has 0 amide bonds. The monoisotopic (exact) mass is 234 g/mol. The largest absolute Gasteiger partial charge is 0.334 e. The van der Waals surface area contributed by atoms with Gasteiger partial charge in [0.1, 0.15) is 0 Å². The smallest absolute Gasteiger partial charge is 0.269 e. The Bertz CT molecular complexity index is 564. The molecule has 0 atom stereocenters. The van der Waals surface area contributed by atoms with Crippen molar-refractivity contribution in [1.29, 1.82) is 0 Å². The van der Waals surface area contributed by atoms with Gasteiger partial charge in [0.25, 0.3) is 11.6 Å². The van der Waals surface area contributed by atoms with Crippen molar-refractivity contribution >= 4 is 5.69 Å². The van der Waals surface area contributed by atoms with E-state index >= 15 is 0 Å². The van der Waals surface area contributed by atoms with Gasteiger partial charge in [0.15, 0.2) is 5.82 Å². The third-order valence-electron chi connectivity index (χ3n) is 2.30. The normalized spacial score (nSPS) is 10.5. The molecule has 2 aromatic rings. The molecule has 17 heavy (non-hydrogen) atoms. The zero-order valence-electron chi connectivity index (χ0n) is 9.08. The number of rotatable bonds is 3. The Labute approximate surface area is 96.4 Å². The summed E-state index contributed by atoms with van der Waals surface area (Å²) < 4.78 is 5.01. The van der Waals surface area contributed by atoms with Gasteiger partial charge < -0.3 is 10.3 Å². The highest BCUT2D eigenvalue weighted by molar-refractivity contribution is 5.60. The summed E-state index contributed by atoms with van der Waals surface area (Å²) in [5, 5.41) is 14.3. The summed E-state index contributed by atoms with van der Waals surface area (Å²) in [6.45, 7) is 1.93. The lowest BCUT2D eigenvalue weighted by atomic mass is 10.1. The highest BCUT2D eigenvalue weighted by Gasteiger charge is 2.13. The lowest BCUT2D eigenvalue weighted by Crippen LogP contribution is -1.98. The van der Waals surface area contributed by atoms with Crippen LogP contribution in [0.1, 0.15) is 11.4 Å². The number of nitrogens with two attached hydrogens (primary N) is 1. The summed E-state index contributed by atoms with van der Waals surface area (Å²) in [6, 6.07) is 4.44. The van der Waals surface area contributed by atoms with E-state index in [-0.39, 0.29) is 12.2 Å². The molecule has 2 rings (SSSR count). The van der Waals surface area contributed by atoms with E-state index in [1.165, 1.54) is 12.1 Å². The molecule has 0 saturated carbocycles. The molecule has 0 aliphatic rings. The van der Waals surface area contributed by atoms with Crippen LogP contribution in [0.5, 0.6) is 0 Å². The fraction of sp³-hybridized carbons (Fsp3) is 0.200. The summed E-state index contributed by atoms with van der Waals surface area (Å²) in [5.74, 6) is 0.718. The first-order chi connectivity index (χ1) is 8.11. The zero-order chi connectivity index (χ0) is 12.4. The fourth-order valence-electron chi connectivity index (χ4n) is 1.45. The van der Waals surface area contributed by atoms with E-state index in [9.17, 15) is 10.1 Å². The van der Waals surface area contributed by atoms with Crippen molar-refractivity contribution in [2.24, 2.45) is 5.73 Å². The standard InChI is InChI=1S/C10H10N4O3/c1-6-4-7(14(15)16)2-3-8(6)10-12-9(5-11)13-17-10/h2-4H,5,11H2,1H3. The lowest BCUT2D eigenvalue weighted by molar-refractivity contribution is -0.384. The summed E-state index contributed by atoms with van der Waals surface area (Å²) >= 11 is 0. The Hall–Kier alpha value is -2.28. The first-order valence-electron chi connectivity index (χ1n) is 4.90. The van der Waals surface area contributed by atoms with Crippen molar-refractivity contribution in [2.75, 3.05) is 0 Å². The van der Waals surface area contributed by atoms with Crippen LogP contribution in [0.2, 0.25) is 0 Å². The Kier molecular flexibility index (Phi) is 2.84. The second kappa shape index (κ2) is 4.30. The van der Waals surface area contributed by atoms with Gasteiger partial charge in [0, 0.05) is 17.7 Å². The number of non-ortho nitro benzene ring substituents is 1. The molecular formula is C10H10N4O3. The molecule has 0 saturated heterocycles. The van der Waals surface area contributed by atoms with E-state index in [1.54, 1.807) is 13.0 Å². The van der Waals surface area contributed by atoms with Crippen LogP contribution in [0.4, 0.5) is 5.69 Å². The molecule has 0 radical (unpaired) electrons. The minimum absolute atomic E-state index is 0.0322. The van der Waals surface area contributed by atoms with Crippen molar-refractivity contribution in [1.82, 2.24) is 10.1 Å². The topological polar surface area (TPSA) is 108 Å². The van der Waals surface area contributed by atoms with Gasteiger partial charge in [-0.25, -0.2) is 0 Å². The molecule has 1 aromatic carbocycles. The first-order valence-corrected chi connectivity index (χ1v) is 4.90. The average molecular weight is 234 g/mol. The number of benzene rings is 1. The maximum Gasteiger partial charge on any atom is 0.269 e. The fourth-order valence-corrected chi connectivity index (χ4v) is 1.45. The number of nitrogens with zero attached hydrogens (tertiary/aromatic N) is 3. The maximum absolute atomic E-state index is 10.6. The zero-order valence-corrected chi connectivity index (χ0v) is 9.08. The summed E-state index contributed by atoms with van der Waals surface area (Å²) in [6.07, 6.45) is 0. The Morgan fingerprint density at radius 2 is 2.29 bits per heavy atom. The molecule has 0 fully saturated rings. The van der Waals surface area contributed by atoms with Crippen LogP contribution in [0, 0.1) is 17.0 Å². The molecule has 0 unspecified atom stereocenters. The quantitative estimate of drug-likeness (QED) is 0.635. The molecular weight excluding hydrogens is 224 g/mol. The molecule has 88 valence electrons. The van der Waals surface area contributed by atoms with Crippen molar-refractivity contribution in [2.45, 2.75) is 13.5 Å². The number of hydrogen-bond donors (Lipinski definition) is 1. The SMILES string of the molecule is Cc1cc([N+](=O)[O-])ccc1-c1nc(CN)no1.